The van der Waals surface area contributed by atoms with Crippen LogP contribution in [0.25, 0.3) is 0 Å². The van der Waals surface area contributed by atoms with Crippen molar-refractivity contribution in [2.75, 3.05) is 20.0 Å². The molecule has 0 bridgehead atoms. The number of carbonyl (C=O) groups excluding carboxylic acids is 4. The zero-order chi connectivity index (χ0) is 27.6. The van der Waals surface area contributed by atoms with E-state index in [-0.39, 0.29) is 37.0 Å². The van der Waals surface area contributed by atoms with Crippen molar-refractivity contribution >= 4 is 23.9 Å². The van der Waals surface area contributed by atoms with Crippen LogP contribution in [0.2, 0.25) is 0 Å². The van der Waals surface area contributed by atoms with E-state index in [9.17, 15) is 37.9 Å². The molecule has 15 heteroatoms. The molecule has 1 aromatic carbocycles. The second kappa shape index (κ2) is 10.8. The molecule has 0 spiro atoms. The number of pyridine rings is 1. The highest BCUT2D eigenvalue weighted by molar-refractivity contribution is 5.99. The number of hydrogen-bond donors (Lipinski definition) is 1. The third kappa shape index (κ3) is 5.41. The molecule has 1 saturated heterocycles. The maximum Gasteiger partial charge on any atom is 0.511 e. The van der Waals surface area contributed by atoms with Gasteiger partial charge in [-0.1, -0.05) is 6.07 Å². The van der Waals surface area contributed by atoms with Crippen molar-refractivity contribution in [2.24, 2.45) is 0 Å². The molecule has 4 rings (SSSR count). The minimum absolute atomic E-state index is 0.0312. The van der Waals surface area contributed by atoms with Crippen LogP contribution < -0.4 is 20.6 Å². The summed E-state index contributed by atoms with van der Waals surface area (Å²) >= 11 is 0. The van der Waals surface area contributed by atoms with E-state index in [4.69, 9.17) is 9.47 Å². The average Bonchev–Trinajstić information content (AvgIpc) is 3.23. The van der Waals surface area contributed by atoms with E-state index < -0.39 is 71.9 Å². The standard InChI is InChI=1S/C23H21F2N3O10/c1-11-8-35-16-7-27-6-14(21(32)26-5-12-2-3-13(24)4-15(12)25)19(31)20(18(27)22(33)28(11)16)37-10-38-23(34)36-9-17(29)30/h2-4,6,11,16H,5,7-10H2,1H3,(H,26,32)(H,29,30)/p-1/t11-,16+/m0/s1. The molecule has 2 amide bonds. The Morgan fingerprint density at radius 1 is 1.21 bits per heavy atom. The lowest BCUT2D eigenvalue weighted by Gasteiger charge is -2.34. The predicted octanol–water partition coefficient (Wildman–Crippen LogP) is -0.503. The van der Waals surface area contributed by atoms with E-state index in [0.717, 1.165) is 18.3 Å². The number of halogens is 2. The molecular formula is C23H20F2N3O10-. The van der Waals surface area contributed by atoms with Gasteiger partial charge in [0.15, 0.2) is 11.9 Å². The number of carbonyl (C=O) groups is 4. The number of ether oxygens (including phenoxy) is 4. The maximum atomic E-state index is 14.0. The van der Waals surface area contributed by atoms with Gasteiger partial charge >= 0.3 is 6.16 Å². The molecule has 3 heterocycles. The molecule has 0 aliphatic carbocycles. The Morgan fingerprint density at radius 3 is 2.68 bits per heavy atom. The largest absolute Gasteiger partial charge is 0.546 e. The summed E-state index contributed by atoms with van der Waals surface area (Å²) in [5, 5.41) is 12.7. The topological polar surface area (TPSA) is 166 Å². The SMILES string of the molecule is C[C@H]1CO[C@@H]2Cn3cc(C(=O)NCc4ccc(F)cc4F)c(=O)c(OCOC(=O)OCC(=O)[O-])c3C(=O)N12. The molecule has 0 radical (unpaired) electrons. The monoisotopic (exact) mass is 536 g/mol. The first-order chi connectivity index (χ1) is 18.1. The number of carboxylic acid groups (broad SMARTS) is 1. The lowest BCUT2D eigenvalue weighted by atomic mass is 10.1. The Kier molecular flexibility index (Phi) is 7.57. The summed E-state index contributed by atoms with van der Waals surface area (Å²) in [7, 11) is 0. The van der Waals surface area contributed by atoms with Crippen molar-refractivity contribution in [1.82, 2.24) is 14.8 Å². The molecule has 13 nitrogen and oxygen atoms in total. The Hall–Kier alpha value is -4.53. The van der Waals surface area contributed by atoms with Gasteiger partial charge in [-0.15, -0.1) is 0 Å². The van der Waals surface area contributed by atoms with E-state index >= 15 is 0 Å². The molecule has 0 unspecified atom stereocenters. The highest BCUT2D eigenvalue weighted by atomic mass is 19.1. The van der Waals surface area contributed by atoms with E-state index in [1.165, 1.54) is 9.47 Å². The number of carboxylic acids is 1. The maximum absolute atomic E-state index is 14.0. The highest BCUT2D eigenvalue weighted by Gasteiger charge is 2.43. The minimum Gasteiger partial charge on any atom is -0.546 e. The normalized spacial score (nSPS) is 17.9. The zero-order valence-electron chi connectivity index (χ0n) is 19.7. The van der Waals surface area contributed by atoms with Crippen LogP contribution >= 0.6 is 0 Å². The number of rotatable bonds is 8. The third-order valence-electron chi connectivity index (χ3n) is 5.73. The number of nitrogens with one attached hydrogen (secondary N) is 1. The number of aliphatic carboxylic acids is 1. The summed E-state index contributed by atoms with van der Waals surface area (Å²) < 4.78 is 48.1. The quantitative estimate of drug-likeness (QED) is 0.343. The van der Waals surface area contributed by atoms with Crippen molar-refractivity contribution < 1.29 is 52.0 Å². The van der Waals surface area contributed by atoms with Gasteiger partial charge in [0, 0.05) is 24.4 Å². The summed E-state index contributed by atoms with van der Waals surface area (Å²) in [4.78, 5) is 62.6. The first kappa shape index (κ1) is 26.5. The molecule has 2 aliphatic rings. The molecule has 38 heavy (non-hydrogen) atoms. The number of aromatic nitrogens is 1. The van der Waals surface area contributed by atoms with Crippen molar-refractivity contribution in [2.45, 2.75) is 32.3 Å². The molecule has 2 aliphatic heterocycles. The molecule has 1 aromatic heterocycles. The van der Waals surface area contributed by atoms with Crippen molar-refractivity contribution in [3.63, 3.8) is 0 Å². The van der Waals surface area contributed by atoms with Gasteiger partial charge in [-0.3, -0.25) is 14.4 Å². The van der Waals surface area contributed by atoms with Crippen molar-refractivity contribution in [1.29, 1.82) is 0 Å². The van der Waals surface area contributed by atoms with Crippen LogP contribution in [0.15, 0.2) is 29.2 Å². The second-order valence-corrected chi connectivity index (χ2v) is 8.29. The zero-order valence-corrected chi connectivity index (χ0v) is 19.7. The third-order valence-corrected chi connectivity index (χ3v) is 5.73. The fourth-order valence-corrected chi connectivity index (χ4v) is 3.99. The smallest absolute Gasteiger partial charge is 0.511 e. The molecule has 0 saturated carbocycles. The van der Waals surface area contributed by atoms with E-state index in [1.807, 2.05) is 0 Å². The van der Waals surface area contributed by atoms with Gasteiger partial charge in [0.25, 0.3) is 11.8 Å². The van der Waals surface area contributed by atoms with E-state index in [0.29, 0.717) is 6.07 Å². The molecule has 1 fully saturated rings. The Morgan fingerprint density at radius 2 is 1.97 bits per heavy atom. The van der Waals surface area contributed by atoms with Gasteiger partial charge in [-0.25, -0.2) is 13.6 Å². The number of fused-ring (bicyclic) bond motifs is 2. The molecule has 202 valence electrons. The van der Waals surface area contributed by atoms with Crippen LogP contribution in [0.5, 0.6) is 5.75 Å². The van der Waals surface area contributed by atoms with Gasteiger partial charge in [-0.2, -0.15) is 0 Å². The van der Waals surface area contributed by atoms with Crippen LogP contribution in [0.4, 0.5) is 13.6 Å². The van der Waals surface area contributed by atoms with Gasteiger partial charge in [-0.05, 0) is 13.0 Å². The second-order valence-electron chi connectivity index (χ2n) is 8.29. The van der Waals surface area contributed by atoms with Crippen molar-refractivity contribution in [3.05, 3.63) is 63.1 Å². The van der Waals surface area contributed by atoms with Gasteiger partial charge in [0.2, 0.25) is 18.0 Å². The van der Waals surface area contributed by atoms with Crippen LogP contribution in [0, 0.1) is 11.6 Å². The van der Waals surface area contributed by atoms with Gasteiger partial charge in [0.05, 0.1) is 25.2 Å². The molecule has 2 atom stereocenters. The lowest BCUT2D eigenvalue weighted by molar-refractivity contribution is -0.308. The van der Waals surface area contributed by atoms with Crippen LogP contribution in [0.1, 0.15) is 33.3 Å². The highest BCUT2D eigenvalue weighted by Crippen LogP contribution is 2.30. The lowest BCUT2D eigenvalue weighted by Crippen LogP contribution is -2.49. The molecular weight excluding hydrogens is 516 g/mol. The van der Waals surface area contributed by atoms with E-state index in [2.05, 4.69) is 14.8 Å². The minimum atomic E-state index is -1.68. The molecule has 2 aromatic rings. The summed E-state index contributed by atoms with van der Waals surface area (Å²) in [6, 6.07) is 2.44. The summed E-state index contributed by atoms with van der Waals surface area (Å²) in [6.07, 6.45) is -1.01. The summed E-state index contributed by atoms with van der Waals surface area (Å²) in [5.74, 6) is -5.61. The molecule has 1 N–H and O–H groups in total. The Balaban J connectivity index is 1.61. The summed E-state index contributed by atoms with van der Waals surface area (Å²) in [5.41, 5.74) is -1.81. The fraction of sp³-hybridized carbons (Fsp3) is 0.348. The van der Waals surface area contributed by atoms with Crippen LogP contribution in [0.3, 0.4) is 0 Å². The van der Waals surface area contributed by atoms with Crippen molar-refractivity contribution in [3.8, 4) is 5.75 Å². The number of hydrogen-bond acceptors (Lipinski definition) is 10. The van der Waals surface area contributed by atoms with Crippen LogP contribution in [-0.2, 0) is 32.1 Å². The van der Waals surface area contributed by atoms with Crippen LogP contribution in [-0.4, -0.2) is 65.7 Å². The number of benzene rings is 1. The van der Waals surface area contributed by atoms with E-state index in [1.54, 1.807) is 6.92 Å². The van der Waals surface area contributed by atoms with Gasteiger partial charge < -0.3 is 43.6 Å². The first-order valence-corrected chi connectivity index (χ1v) is 11.1. The Bertz CT molecular complexity index is 1360. The number of nitrogens with zero attached hydrogens (tertiary/aromatic N) is 2. The first-order valence-electron chi connectivity index (χ1n) is 11.1. The fourth-order valence-electron chi connectivity index (χ4n) is 3.99. The number of amides is 2. The van der Waals surface area contributed by atoms with Gasteiger partial charge in [0.1, 0.15) is 23.8 Å². The Labute approximate surface area is 212 Å². The summed E-state index contributed by atoms with van der Waals surface area (Å²) in [6.45, 7) is -0.444. The predicted molar refractivity (Wildman–Crippen MR) is 117 cm³/mol. The average molecular weight is 536 g/mol.